The van der Waals surface area contributed by atoms with Crippen LogP contribution in [-0.4, -0.2) is 46.0 Å². The smallest absolute Gasteiger partial charge is 0.188 e. The lowest BCUT2D eigenvalue weighted by Gasteiger charge is -2.35. The number of piperazine rings is 1. The fourth-order valence-electron chi connectivity index (χ4n) is 3.96. The third-order valence-corrected chi connectivity index (χ3v) is 6.40. The van der Waals surface area contributed by atoms with Crippen LogP contribution in [0.2, 0.25) is 0 Å². The van der Waals surface area contributed by atoms with Gasteiger partial charge in [-0.1, -0.05) is 41.7 Å². The number of anilines is 2. The van der Waals surface area contributed by atoms with Crippen molar-refractivity contribution in [1.29, 1.82) is 0 Å². The number of nitrogens with zero attached hydrogens (tertiary/aromatic N) is 4. The molecule has 5 rings (SSSR count). The molecule has 1 atom stereocenters. The van der Waals surface area contributed by atoms with Gasteiger partial charge in [0.05, 0.1) is 10.9 Å². The van der Waals surface area contributed by atoms with E-state index in [2.05, 4.69) is 66.9 Å². The minimum atomic E-state index is 0.171. The summed E-state index contributed by atoms with van der Waals surface area (Å²) in [7, 11) is 0. The van der Waals surface area contributed by atoms with Gasteiger partial charge < -0.3 is 10.6 Å². The summed E-state index contributed by atoms with van der Waals surface area (Å²) in [6.45, 7) is 4.01. The van der Waals surface area contributed by atoms with Crippen LogP contribution < -0.4 is 10.6 Å². The fraction of sp³-hybridized carbons (Fsp3) is 0.208. The van der Waals surface area contributed by atoms with E-state index in [-0.39, 0.29) is 6.04 Å². The molecule has 0 bridgehead atoms. The van der Waals surface area contributed by atoms with E-state index in [1.807, 2.05) is 43.0 Å². The van der Waals surface area contributed by atoms with Gasteiger partial charge >= 0.3 is 0 Å². The summed E-state index contributed by atoms with van der Waals surface area (Å²) in [5.41, 5.74) is 3.63. The van der Waals surface area contributed by atoms with Crippen molar-refractivity contribution in [3.05, 3.63) is 90.5 Å². The SMILES string of the molecule is c1ccc(-c2cnc(Nc3cc(C(c4ccncc4)N4CCNCC4)ccn3)s2)cc1. The highest BCUT2D eigenvalue weighted by molar-refractivity contribution is 7.18. The number of rotatable bonds is 6. The monoisotopic (exact) mass is 428 g/mol. The van der Waals surface area contributed by atoms with Crippen LogP contribution in [0.1, 0.15) is 17.2 Å². The minimum absolute atomic E-state index is 0.171. The van der Waals surface area contributed by atoms with Crippen LogP contribution in [-0.2, 0) is 0 Å². The van der Waals surface area contributed by atoms with Crippen molar-refractivity contribution < 1.29 is 0 Å². The first-order valence-electron chi connectivity index (χ1n) is 10.5. The van der Waals surface area contributed by atoms with Gasteiger partial charge in [0.1, 0.15) is 5.82 Å². The van der Waals surface area contributed by atoms with Gasteiger partial charge in [0.15, 0.2) is 5.13 Å². The average Bonchev–Trinajstić information content (AvgIpc) is 3.30. The summed E-state index contributed by atoms with van der Waals surface area (Å²) in [4.78, 5) is 17.0. The van der Waals surface area contributed by atoms with Gasteiger partial charge in [-0.2, -0.15) is 0 Å². The van der Waals surface area contributed by atoms with Crippen LogP contribution in [0.3, 0.4) is 0 Å². The van der Waals surface area contributed by atoms with Crippen LogP contribution in [0.15, 0.2) is 79.4 Å². The van der Waals surface area contributed by atoms with Gasteiger partial charge in [-0.05, 0) is 41.0 Å². The number of nitrogens with one attached hydrogen (secondary N) is 2. The summed E-state index contributed by atoms with van der Waals surface area (Å²) in [5, 5.41) is 7.68. The Hall–Kier alpha value is -3.13. The molecule has 156 valence electrons. The van der Waals surface area contributed by atoms with E-state index in [1.54, 1.807) is 11.3 Å². The van der Waals surface area contributed by atoms with Crippen molar-refractivity contribution in [2.75, 3.05) is 31.5 Å². The van der Waals surface area contributed by atoms with Crippen LogP contribution in [0.5, 0.6) is 0 Å². The van der Waals surface area contributed by atoms with E-state index in [0.717, 1.165) is 42.0 Å². The molecule has 2 N–H and O–H groups in total. The molecule has 4 heterocycles. The van der Waals surface area contributed by atoms with Crippen molar-refractivity contribution in [3.8, 4) is 10.4 Å². The highest BCUT2D eigenvalue weighted by Gasteiger charge is 2.24. The van der Waals surface area contributed by atoms with Gasteiger partial charge in [-0.15, -0.1) is 0 Å². The zero-order chi connectivity index (χ0) is 20.9. The second-order valence-electron chi connectivity index (χ2n) is 7.46. The molecule has 7 heteroatoms. The Morgan fingerprint density at radius 1 is 0.903 bits per heavy atom. The van der Waals surface area contributed by atoms with Gasteiger partial charge in [0, 0.05) is 51.0 Å². The van der Waals surface area contributed by atoms with E-state index in [4.69, 9.17) is 0 Å². The lowest BCUT2D eigenvalue weighted by atomic mass is 9.98. The molecule has 0 aliphatic carbocycles. The molecular weight excluding hydrogens is 404 g/mol. The number of hydrogen-bond donors (Lipinski definition) is 2. The Morgan fingerprint density at radius 3 is 2.48 bits per heavy atom. The lowest BCUT2D eigenvalue weighted by Crippen LogP contribution is -2.45. The van der Waals surface area contributed by atoms with Crippen molar-refractivity contribution in [2.45, 2.75) is 6.04 Å². The molecule has 1 aromatic carbocycles. The Balaban J connectivity index is 1.41. The predicted molar refractivity (Wildman–Crippen MR) is 126 cm³/mol. The van der Waals surface area contributed by atoms with E-state index < -0.39 is 0 Å². The second-order valence-corrected chi connectivity index (χ2v) is 8.49. The first-order chi connectivity index (χ1) is 15.4. The van der Waals surface area contributed by atoms with Gasteiger partial charge in [0.2, 0.25) is 0 Å². The topological polar surface area (TPSA) is 66.0 Å². The van der Waals surface area contributed by atoms with Gasteiger partial charge in [-0.3, -0.25) is 9.88 Å². The summed E-state index contributed by atoms with van der Waals surface area (Å²) in [6, 6.07) is 18.9. The average molecular weight is 429 g/mol. The molecule has 6 nitrogen and oxygen atoms in total. The van der Waals surface area contributed by atoms with Crippen LogP contribution in [0.4, 0.5) is 10.9 Å². The molecule has 1 aliphatic heterocycles. The summed E-state index contributed by atoms with van der Waals surface area (Å²) in [6.07, 6.45) is 7.52. The predicted octanol–water partition coefficient (Wildman–Crippen LogP) is 4.34. The third kappa shape index (κ3) is 4.64. The molecule has 1 fully saturated rings. The van der Waals surface area contributed by atoms with Crippen molar-refractivity contribution in [3.63, 3.8) is 0 Å². The molecule has 31 heavy (non-hydrogen) atoms. The summed E-state index contributed by atoms with van der Waals surface area (Å²) in [5.74, 6) is 0.806. The highest BCUT2D eigenvalue weighted by Crippen LogP contribution is 2.32. The maximum absolute atomic E-state index is 4.55. The molecule has 4 aromatic rings. The lowest BCUT2D eigenvalue weighted by molar-refractivity contribution is 0.198. The first-order valence-corrected chi connectivity index (χ1v) is 11.3. The van der Waals surface area contributed by atoms with Crippen molar-refractivity contribution in [2.24, 2.45) is 0 Å². The Morgan fingerprint density at radius 2 is 1.68 bits per heavy atom. The largest absolute Gasteiger partial charge is 0.316 e. The molecule has 1 unspecified atom stereocenters. The Bertz CT molecular complexity index is 1110. The first kappa shape index (κ1) is 19.8. The summed E-state index contributed by atoms with van der Waals surface area (Å²) < 4.78 is 0. The maximum Gasteiger partial charge on any atom is 0.188 e. The van der Waals surface area contributed by atoms with Crippen LogP contribution in [0, 0.1) is 0 Å². The second kappa shape index (κ2) is 9.34. The Kier molecular flexibility index (Phi) is 5.97. The van der Waals surface area contributed by atoms with E-state index >= 15 is 0 Å². The Labute approximate surface area is 186 Å². The van der Waals surface area contributed by atoms with E-state index in [0.29, 0.717) is 0 Å². The maximum atomic E-state index is 4.55. The number of thiazole rings is 1. The van der Waals surface area contributed by atoms with Crippen LogP contribution in [0.25, 0.3) is 10.4 Å². The molecule has 0 spiro atoms. The third-order valence-electron chi connectivity index (χ3n) is 5.44. The summed E-state index contributed by atoms with van der Waals surface area (Å²) >= 11 is 1.63. The van der Waals surface area contributed by atoms with Crippen LogP contribution >= 0.6 is 11.3 Å². The van der Waals surface area contributed by atoms with Crippen molar-refractivity contribution >= 4 is 22.3 Å². The molecule has 1 saturated heterocycles. The fourth-order valence-corrected chi connectivity index (χ4v) is 4.79. The number of pyridine rings is 2. The molecule has 0 radical (unpaired) electrons. The molecular formula is C24H24N6S. The number of hydrogen-bond acceptors (Lipinski definition) is 7. The minimum Gasteiger partial charge on any atom is -0.316 e. The number of aromatic nitrogens is 3. The van der Waals surface area contributed by atoms with Gasteiger partial charge in [-0.25, -0.2) is 9.97 Å². The van der Waals surface area contributed by atoms with Gasteiger partial charge in [0.25, 0.3) is 0 Å². The van der Waals surface area contributed by atoms with E-state index in [9.17, 15) is 0 Å². The number of benzene rings is 1. The zero-order valence-corrected chi connectivity index (χ0v) is 17.9. The normalized spacial score (nSPS) is 15.5. The molecule has 0 saturated carbocycles. The molecule has 1 aliphatic rings. The highest BCUT2D eigenvalue weighted by atomic mass is 32.1. The van der Waals surface area contributed by atoms with Crippen molar-refractivity contribution in [1.82, 2.24) is 25.2 Å². The van der Waals surface area contributed by atoms with E-state index in [1.165, 1.54) is 16.7 Å². The standard InChI is InChI=1S/C24H24N6S/c1-2-4-18(5-3-1)21-17-28-24(31-21)29-22-16-20(8-11-27-22)23(19-6-9-25-10-7-19)30-14-12-26-13-15-30/h1-11,16-17,23,26H,12-15H2,(H,27,28,29). The zero-order valence-electron chi connectivity index (χ0n) is 17.1. The molecule has 0 amide bonds. The molecule has 3 aromatic heterocycles. The quantitative estimate of drug-likeness (QED) is 0.476.